The number of nitrogen functional groups attached to an aromatic ring is 1. The summed E-state index contributed by atoms with van der Waals surface area (Å²) in [5, 5.41) is 8.74. The lowest BCUT2D eigenvalue weighted by Gasteiger charge is -2.14. The first-order valence-electron chi connectivity index (χ1n) is 5.85. The molecule has 1 fully saturated rings. The van der Waals surface area contributed by atoms with Crippen LogP contribution in [0.2, 0.25) is 0 Å². The minimum atomic E-state index is -3.41. The number of nitrogens with two attached hydrogens (primary N) is 1. The van der Waals surface area contributed by atoms with Crippen molar-refractivity contribution in [3.8, 4) is 6.07 Å². The zero-order valence-corrected chi connectivity index (χ0v) is 11.1. The third kappa shape index (κ3) is 2.34. The molecule has 2 rings (SSSR count). The molecule has 2 N–H and O–H groups in total. The maximum absolute atomic E-state index is 12.3. The van der Waals surface area contributed by atoms with E-state index in [1.165, 1.54) is 0 Å². The van der Waals surface area contributed by atoms with Crippen LogP contribution in [0.4, 0.5) is 5.69 Å². The Morgan fingerprint density at radius 2 is 2.11 bits per heavy atom. The van der Waals surface area contributed by atoms with Crippen molar-refractivity contribution in [2.24, 2.45) is 5.41 Å². The van der Waals surface area contributed by atoms with Crippen molar-refractivity contribution in [1.82, 2.24) is 0 Å². The minimum absolute atomic E-state index is 0.0290. The molecule has 0 aromatic heterocycles. The maximum Gasteiger partial charge on any atom is 0.180 e. The molecule has 1 aliphatic carbocycles. The van der Waals surface area contributed by atoms with Gasteiger partial charge in [-0.15, -0.1) is 0 Å². The van der Waals surface area contributed by atoms with E-state index in [9.17, 15) is 8.42 Å². The number of nitrogens with zero attached hydrogens (tertiary/aromatic N) is 1. The molecule has 0 unspecified atom stereocenters. The van der Waals surface area contributed by atoms with Gasteiger partial charge in [-0.05, 0) is 36.8 Å². The van der Waals surface area contributed by atoms with E-state index in [0.29, 0.717) is 12.1 Å². The van der Waals surface area contributed by atoms with Crippen LogP contribution in [0.25, 0.3) is 0 Å². The minimum Gasteiger partial charge on any atom is -0.397 e. The number of benzene rings is 1. The summed E-state index contributed by atoms with van der Waals surface area (Å²) in [7, 11) is -3.41. The Morgan fingerprint density at radius 3 is 2.67 bits per heavy atom. The molecule has 1 saturated carbocycles. The molecule has 5 heteroatoms. The van der Waals surface area contributed by atoms with Crippen LogP contribution in [0.1, 0.15) is 24.8 Å². The predicted octanol–water partition coefficient (Wildman–Crippen LogP) is 2.04. The van der Waals surface area contributed by atoms with Gasteiger partial charge in [0.25, 0.3) is 0 Å². The molecule has 0 saturated heterocycles. The third-order valence-electron chi connectivity index (χ3n) is 3.53. The van der Waals surface area contributed by atoms with Crippen LogP contribution < -0.4 is 5.73 Å². The van der Waals surface area contributed by atoms with Gasteiger partial charge in [0.05, 0.1) is 22.4 Å². The van der Waals surface area contributed by atoms with E-state index in [2.05, 4.69) is 6.07 Å². The molecule has 0 radical (unpaired) electrons. The summed E-state index contributed by atoms with van der Waals surface area (Å²) in [6.45, 7) is 1.79. The molecule has 18 heavy (non-hydrogen) atoms. The summed E-state index contributed by atoms with van der Waals surface area (Å²) in [6, 6.07) is 7.10. The van der Waals surface area contributed by atoms with Crippen LogP contribution in [-0.2, 0) is 9.84 Å². The Hall–Kier alpha value is -1.54. The first-order chi connectivity index (χ1) is 8.40. The van der Waals surface area contributed by atoms with Gasteiger partial charge in [-0.3, -0.25) is 0 Å². The molecular weight excluding hydrogens is 248 g/mol. The number of anilines is 1. The molecule has 1 aromatic carbocycles. The summed E-state index contributed by atoms with van der Waals surface area (Å²) < 4.78 is 24.7. The second-order valence-electron chi connectivity index (χ2n) is 5.08. The summed E-state index contributed by atoms with van der Waals surface area (Å²) in [5.41, 5.74) is 6.60. The zero-order chi connectivity index (χ0) is 13.4. The lowest BCUT2D eigenvalue weighted by atomic mass is 10.1. The van der Waals surface area contributed by atoms with E-state index in [0.717, 1.165) is 18.4 Å². The first-order valence-corrected chi connectivity index (χ1v) is 7.50. The smallest absolute Gasteiger partial charge is 0.180 e. The summed E-state index contributed by atoms with van der Waals surface area (Å²) in [6.07, 6.45) is 1.93. The van der Waals surface area contributed by atoms with E-state index < -0.39 is 9.84 Å². The van der Waals surface area contributed by atoms with Crippen molar-refractivity contribution < 1.29 is 8.42 Å². The number of nitriles is 1. The van der Waals surface area contributed by atoms with E-state index in [4.69, 9.17) is 11.0 Å². The molecule has 96 valence electrons. The molecular formula is C13H16N2O2S. The molecule has 4 nitrogen and oxygen atoms in total. The maximum atomic E-state index is 12.3. The standard InChI is InChI=1S/C13H16N2O2S/c1-10-3-2-4-11(12(10)15)18(16,17)9-13(5-6-13)7-8-14/h2-4H,5-7,9,15H2,1H3. The van der Waals surface area contributed by atoms with Crippen molar-refractivity contribution in [1.29, 1.82) is 5.26 Å². The second-order valence-corrected chi connectivity index (χ2v) is 7.04. The fourth-order valence-electron chi connectivity index (χ4n) is 2.12. The molecule has 0 aliphatic heterocycles. The van der Waals surface area contributed by atoms with Gasteiger partial charge in [0, 0.05) is 6.42 Å². The molecule has 0 amide bonds. The van der Waals surface area contributed by atoms with Crippen LogP contribution in [-0.4, -0.2) is 14.2 Å². The van der Waals surface area contributed by atoms with Crippen molar-refractivity contribution >= 4 is 15.5 Å². The van der Waals surface area contributed by atoms with Crippen molar-refractivity contribution in [3.05, 3.63) is 23.8 Å². The van der Waals surface area contributed by atoms with E-state index >= 15 is 0 Å². The molecule has 0 heterocycles. The van der Waals surface area contributed by atoms with Crippen LogP contribution in [0.15, 0.2) is 23.1 Å². The average molecular weight is 264 g/mol. The Balaban J connectivity index is 2.33. The number of aryl methyl sites for hydroxylation is 1. The highest BCUT2D eigenvalue weighted by Gasteiger charge is 2.46. The monoisotopic (exact) mass is 264 g/mol. The molecule has 1 aliphatic rings. The van der Waals surface area contributed by atoms with E-state index in [-0.39, 0.29) is 16.1 Å². The van der Waals surface area contributed by atoms with Gasteiger partial charge in [0.2, 0.25) is 0 Å². The van der Waals surface area contributed by atoms with Gasteiger partial charge in [0.15, 0.2) is 9.84 Å². The molecule has 0 bridgehead atoms. The molecule has 0 atom stereocenters. The summed E-state index contributed by atoms with van der Waals surface area (Å²) in [4.78, 5) is 0.201. The second kappa shape index (κ2) is 4.29. The fourth-order valence-corrected chi connectivity index (χ4v) is 4.26. The normalized spacial score (nSPS) is 17.1. The van der Waals surface area contributed by atoms with Crippen LogP contribution in [0.5, 0.6) is 0 Å². The topological polar surface area (TPSA) is 84.0 Å². The lowest BCUT2D eigenvalue weighted by molar-refractivity contribution is 0.548. The highest BCUT2D eigenvalue weighted by molar-refractivity contribution is 7.91. The highest BCUT2D eigenvalue weighted by atomic mass is 32.2. The number of sulfone groups is 1. The van der Waals surface area contributed by atoms with Gasteiger partial charge in [-0.2, -0.15) is 5.26 Å². The number of rotatable bonds is 4. The zero-order valence-electron chi connectivity index (χ0n) is 10.3. The molecule has 0 spiro atoms. The van der Waals surface area contributed by atoms with E-state index in [1.54, 1.807) is 25.1 Å². The Labute approximate surface area is 107 Å². The Bertz CT molecular complexity index is 610. The largest absolute Gasteiger partial charge is 0.397 e. The summed E-state index contributed by atoms with van der Waals surface area (Å²) in [5.74, 6) is 0.0290. The van der Waals surface area contributed by atoms with Crippen LogP contribution >= 0.6 is 0 Å². The van der Waals surface area contributed by atoms with Gasteiger partial charge in [0.1, 0.15) is 0 Å². The van der Waals surface area contributed by atoms with Gasteiger partial charge < -0.3 is 5.73 Å². The van der Waals surface area contributed by atoms with E-state index in [1.807, 2.05) is 0 Å². The van der Waals surface area contributed by atoms with Crippen molar-refractivity contribution in [2.75, 3.05) is 11.5 Å². The number of para-hydroxylation sites is 1. The number of hydrogen-bond donors (Lipinski definition) is 1. The third-order valence-corrected chi connectivity index (χ3v) is 5.55. The number of hydrogen-bond acceptors (Lipinski definition) is 4. The molecule has 1 aromatic rings. The first kappa shape index (κ1) is 12.9. The van der Waals surface area contributed by atoms with Gasteiger partial charge >= 0.3 is 0 Å². The predicted molar refractivity (Wildman–Crippen MR) is 69.5 cm³/mol. The van der Waals surface area contributed by atoms with Crippen molar-refractivity contribution in [3.63, 3.8) is 0 Å². The van der Waals surface area contributed by atoms with Crippen LogP contribution in [0, 0.1) is 23.7 Å². The average Bonchev–Trinajstić information content (AvgIpc) is 3.01. The van der Waals surface area contributed by atoms with Crippen LogP contribution in [0.3, 0.4) is 0 Å². The van der Waals surface area contributed by atoms with Crippen molar-refractivity contribution in [2.45, 2.75) is 31.1 Å². The summed E-state index contributed by atoms with van der Waals surface area (Å²) >= 11 is 0. The lowest BCUT2D eigenvalue weighted by Crippen LogP contribution is -2.18. The SMILES string of the molecule is Cc1cccc(S(=O)(=O)CC2(CC#N)CC2)c1N. The Kier molecular flexibility index (Phi) is 3.07. The Morgan fingerprint density at radius 1 is 1.44 bits per heavy atom. The van der Waals surface area contributed by atoms with Gasteiger partial charge in [-0.25, -0.2) is 8.42 Å². The van der Waals surface area contributed by atoms with Gasteiger partial charge in [-0.1, -0.05) is 12.1 Å². The highest BCUT2D eigenvalue weighted by Crippen LogP contribution is 2.50. The fraction of sp³-hybridized carbons (Fsp3) is 0.462. The quantitative estimate of drug-likeness (QED) is 0.843.